The number of aryl methyl sites for hydroxylation is 1. The monoisotopic (exact) mass is 362 g/mol. The van der Waals surface area contributed by atoms with E-state index in [2.05, 4.69) is 13.8 Å². The second kappa shape index (κ2) is 8.65. The topological polar surface area (TPSA) is 27.1 Å². The first-order valence-electron chi connectivity index (χ1n) is 9.73. The van der Waals surface area contributed by atoms with Crippen molar-refractivity contribution in [2.45, 2.75) is 71.4 Å². The Kier molecular flexibility index (Phi) is 6.28. The first-order valence-corrected chi connectivity index (χ1v) is 9.73. The number of benzene rings is 1. The lowest BCUT2D eigenvalue weighted by atomic mass is 9.85. The average molecular weight is 362 g/mol. The average Bonchev–Trinajstić information content (AvgIpc) is 3.04. The van der Waals surface area contributed by atoms with Crippen molar-refractivity contribution in [1.29, 1.82) is 0 Å². The van der Waals surface area contributed by atoms with Crippen LogP contribution >= 0.6 is 0 Å². The van der Waals surface area contributed by atoms with Crippen LogP contribution in [0.4, 0.5) is 8.78 Å². The van der Waals surface area contributed by atoms with Gasteiger partial charge in [0.25, 0.3) is 0 Å². The summed E-state index contributed by atoms with van der Waals surface area (Å²) in [5.41, 5.74) is 1.35. The van der Waals surface area contributed by atoms with Crippen LogP contribution < -0.4 is 4.74 Å². The Morgan fingerprint density at radius 2 is 1.96 bits per heavy atom. The molecule has 1 unspecified atom stereocenters. The van der Waals surface area contributed by atoms with E-state index in [1.54, 1.807) is 0 Å². The van der Waals surface area contributed by atoms with Gasteiger partial charge in [0.2, 0.25) is 5.88 Å². The van der Waals surface area contributed by atoms with Crippen LogP contribution in [-0.2, 0) is 13.0 Å². The molecule has 1 saturated carbocycles. The standard InChI is InChI=1S/C21H28F2N2O/c1-3-7-19-13-21(26-14-17-10-11-18(22)12-20(17)23)25(24-19)15(2)16-8-5-4-6-9-16/h10-13,15-16H,3-9,14H2,1-2H3. The van der Waals surface area contributed by atoms with Gasteiger partial charge in [-0.05, 0) is 44.2 Å². The van der Waals surface area contributed by atoms with E-state index in [-0.39, 0.29) is 12.6 Å². The summed E-state index contributed by atoms with van der Waals surface area (Å²) in [6.45, 7) is 4.39. The molecule has 1 aliphatic carbocycles. The van der Waals surface area contributed by atoms with Crippen molar-refractivity contribution < 1.29 is 13.5 Å². The number of hydrogen-bond acceptors (Lipinski definition) is 2. The van der Waals surface area contributed by atoms with Crippen LogP contribution in [0.5, 0.6) is 5.88 Å². The molecule has 0 amide bonds. The number of hydrogen-bond donors (Lipinski definition) is 0. The Morgan fingerprint density at radius 1 is 1.19 bits per heavy atom. The Hall–Kier alpha value is -1.91. The van der Waals surface area contributed by atoms with Gasteiger partial charge in [0.1, 0.15) is 18.2 Å². The maximum atomic E-state index is 13.9. The predicted octanol–water partition coefficient (Wildman–Crippen LogP) is 5.83. The molecule has 1 atom stereocenters. The van der Waals surface area contributed by atoms with Gasteiger partial charge in [0.15, 0.2) is 0 Å². The lowest BCUT2D eigenvalue weighted by molar-refractivity contribution is 0.208. The highest BCUT2D eigenvalue weighted by atomic mass is 19.1. The molecule has 142 valence electrons. The largest absolute Gasteiger partial charge is 0.473 e. The molecule has 1 aliphatic rings. The zero-order valence-electron chi connectivity index (χ0n) is 15.7. The summed E-state index contributed by atoms with van der Waals surface area (Å²) in [6, 6.07) is 5.80. The molecule has 1 aromatic carbocycles. The fraction of sp³-hybridized carbons (Fsp3) is 0.571. The van der Waals surface area contributed by atoms with E-state index in [0.717, 1.165) is 24.6 Å². The zero-order chi connectivity index (χ0) is 18.5. The summed E-state index contributed by atoms with van der Waals surface area (Å²) < 4.78 is 34.9. The van der Waals surface area contributed by atoms with Gasteiger partial charge in [-0.15, -0.1) is 0 Å². The van der Waals surface area contributed by atoms with Crippen molar-refractivity contribution in [3.8, 4) is 5.88 Å². The van der Waals surface area contributed by atoms with E-state index in [1.807, 2.05) is 10.7 Å². The molecule has 1 heterocycles. The highest BCUT2D eigenvalue weighted by Crippen LogP contribution is 2.35. The maximum Gasteiger partial charge on any atom is 0.212 e. The second-order valence-electron chi connectivity index (χ2n) is 7.33. The van der Waals surface area contributed by atoms with Crippen LogP contribution in [0.3, 0.4) is 0 Å². The summed E-state index contributed by atoms with van der Waals surface area (Å²) in [6.07, 6.45) is 8.21. The Morgan fingerprint density at radius 3 is 2.65 bits per heavy atom. The second-order valence-corrected chi connectivity index (χ2v) is 7.33. The molecular weight excluding hydrogens is 334 g/mol. The summed E-state index contributed by atoms with van der Waals surface area (Å²) in [4.78, 5) is 0. The van der Waals surface area contributed by atoms with Crippen LogP contribution in [-0.4, -0.2) is 9.78 Å². The molecule has 1 aromatic heterocycles. The first-order chi connectivity index (χ1) is 12.6. The molecular formula is C21H28F2N2O. The molecule has 0 aliphatic heterocycles. The first kappa shape index (κ1) is 18.9. The fourth-order valence-electron chi connectivity index (χ4n) is 3.81. The molecule has 3 nitrogen and oxygen atoms in total. The Bertz CT molecular complexity index is 723. The van der Waals surface area contributed by atoms with Crippen molar-refractivity contribution in [2.24, 2.45) is 5.92 Å². The highest BCUT2D eigenvalue weighted by molar-refractivity contribution is 5.21. The highest BCUT2D eigenvalue weighted by Gasteiger charge is 2.25. The molecule has 0 saturated heterocycles. The zero-order valence-corrected chi connectivity index (χ0v) is 15.7. The van der Waals surface area contributed by atoms with Gasteiger partial charge in [0.05, 0.1) is 11.7 Å². The molecule has 1 fully saturated rings. The lowest BCUT2D eigenvalue weighted by Crippen LogP contribution is -2.21. The molecule has 5 heteroatoms. The molecule has 0 N–H and O–H groups in total. The Balaban J connectivity index is 1.78. The van der Waals surface area contributed by atoms with E-state index >= 15 is 0 Å². The SMILES string of the molecule is CCCc1cc(OCc2ccc(F)cc2F)n(C(C)C2CCCCC2)n1. The quantitative estimate of drug-likeness (QED) is 0.619. The minimum absolute atomic E-state index is 0.0702. The van der Waals surface area contributed by atoms with E-state index in [1.165, 1.54) is 44.2 Å². The van der Waals surface area contributed by atoms with Gasteiger partial charge >= 0.3 is 0 Å². The number of halogens is 2. The Labute approximate surface area is 154 Å². The third-order valence-electron chi connectivity index (χ3n) is 5.37. The van der Waals surface area contributed by atoms with E-state index in [4.69, 9.17) is 9.84 Å². The predicted molar refractivity (Wildman–Crippen MR) is 98.2 cm³/mol. The van der Waals surface area contributed by atoms with Gasteiger partial charge in [-0.3, -0.25) is 0 Å². The molecule has 0 radical (unpaired) electrons. The fourth-order valence-corrected chi connectivity index (χ4v) is 3.81. The van der Waals surface area contributed by atoms with E-state index in [0.29, 0.717) is 17.4 Å². The molecule has 0 spiro atoms. The number of rotatable bonds is 7. The summed E-state index contributed by atoms with van der Waals surface area (Å²) in [5.74, 6) is 0.121. The van der Waals surface area contributed by atoms with Crippen LogP contribution in [0.2, 0.25) is 0 Å². The van der Waals surface area contributed by atoms with Crippen molar-refractivity contribution in [1.82, 2.24) is 9.78 Å². The van der Waals surface area contributed by atoms with Crippen molar-refractivity contribution in [3.05, 3.63) is 47.2 Å². The summed E-state index contributed by atoms with van der Waals surface area (Å²) in [5, 5.41) is 4.76. The van der Waals surface area contributed by atoms with Crippen molar-refractivity contribution in [2.75, 3.05) is 0 Å². The van der Waals surface area contributed by atoms with Gasteiger partial charge in [-0.1, -0.05) is 32.6 Å². The molecule has 2 aromatic rings. The van der Waals surface area contributed by atoms with Crippen molar-refractivity contribution >= 4 is 0 Å². The molecule has 0 bridgehead atoms. The molecule has 3 rings (SSSR count). The third kappa shape index (κ3) is 4.43. The smallest absolute Gasteiger partial charge is 0.212 e. The number of aromatic nitrogens is 2. The summed E-state index contributed by atoms with van der Waals surface area (Å²) >= 11 is 0. The van der Waals surface area contributed by atoms with Gasteiger partial charge in [-0.25, -0.2) is 13.5 Å². The molecule has 26 heavy (non-hydrogen) atoms. The van der Waals surface area contributed by atoms with Crippen LogP contribution in [0.25, 0.3) is 0 Å². The van der Waals surface area contributed by atoms with Gasteiger partial charge in [0, 0.05) is 17.7 Å². The summed E-state index contributed by atoms with van der Waals surface area (Å²) in [7, 11) is 0. The van der Waals surface area contributed by atoms with Gasteiger partial charge < -0.3 is 4.74 Å². The maximum absolute atomic E-state index is 13.9. The lowest BCUT2D eigenvalue weighted by Gasteiger charge is -2.28. The normalized spacial score (nSPS) is 16.6. The van der Waals surface area contributed by atoms with Crippen molar-refractivity contribution in [3.63, 3.8) is 0 Å². The number of ether oxygens (including phenoxy) is 1. The van der Waals surface area contributed by atoms with E-state index in [9.17, 15) is 8.78 Å². The van der Waals surface area contributed by atoms with Crippen LogP contribution in [0.15, 0.2) is 24.3 Å². The van der Waals surface area contributed by atoms with E-state index < -0.39 is 11.6 Å². The minimum Gasteiger partial charge on any atom is -0.473 e. The van der Waals surface area contributed by atoms with Crippen LogP contribution in [0, 0.1) is 17.6 Å². The number of nitrogens with zero attached hydrogens (tertiary/aromatic N) is 2. The minimum atomic E-state index is -0.579. The third-order valence-corrected chi connectivity index (χ3v) is 5.37. The van der Waals surface area contributed by atoms with Gasteiger partial charge in [-0.2, -0.15) is 5.10 Å². The van der Waals surface area contributed by atoms with Crippen LogP contribution in [0.1, 0.15) is 69.7 Å².